The number of nitrogens with zero attached hydrogens (tertiary/aromatic N) is 3. The monoisotopic (exact) mass is 386 g/mol. The third-order valence-corrected chi connectivity index (χ3v) is 4.48. The van der Waals surface area contributed by atoms with Gasteiger partial charge in [0, 0.05) is 42.8 Å². The first-order chi connectivity index (χ1) is 11.7. The van der Waals surface area contributed by atoms with Gasteiger partial charge in [0.15, 0.2) is 0 Å². The van der Waals surface area contributed by atoms with E-state index in [0.29, 0.717) is 29.0 Å². The Kier molecular flexibility index (Phi) is 6.04. The van der Waals surface area contributed by atoms with Gasteiger partial charge in [0.1, 0.15) is 10.7 Å². The number of hydrogen-bond donors (Lipinski definition) is 2. The smallest absolute Gasteiger partial charge is 0.296 e. The van der Waals surface area contributed by atoms with Gasteiger partial charge in [0.2, 0.25) is 6.41 Å². The second-order valence-corrected chi connectivity index (χ2v) is 7.41. The molecule has 0 saturated heterocycles. The lowest BCUT2D eigenvalue weighted by Crippen LogP contribution is -2.23. The zero-order valence-electron chi connectivity index (χ0n) is 13.8. The van der Waals surface area contributed by atoms with Crippen LogP contribution in [0.4, 0.5) is 0 Å². The summed E-state index contributed by atoms with van der Waals surface area (Å²) in [6.45, 7) is 1.92. The molecule has 2 aromatic rings. The maximum absolute atomic E-state index is 11.5. The van der Waals surface area contributed by atoms with Crippen LogP contribution in [0.2, 0.25) is 5.02 Å². The van der Waals surface area contributed by atoms with Gasteiger partial charge in [-0.1, -0.05) is 11.6 Å². The minimum atomic E-state index is -4.30. The maximum Gasteiger partial charge on any atom is 0.296 e. The average Bonchev–Trinajstić information content (AvgIpc) is 3.15. The van der Waals surface area contributed by atoms with Crippen molar-refractivity contribution < 1.29 is 17.8 Å². The van der Waals surface area contributed by atoms with Gasteiger partial charge in [0.25, 0.3) is 10.1 Å². The first kappa shape index (κ1) is 19.2. The number of benzene rings is 1. The molecule has 0 fully saturated rings. The number of fused-ring (bicyclic) bond motifs is 1. The zero-order chi connectivity index (χ0) is 18.6. The molecule has 0 atom stereocenters. The van der Waals surface area contributed by atoms with Gasteiger partial charge in [-0.2, -0.15) is 8.42 Å². The van der Waals surface area contributed by atoms with Crippen molar-refractivity contribution in [2.75, 3.05) is 27.2 Å². The number of nitrogens with one attached hydrogen (secondary N) is 1. The molecule has 1 aromatic heterocycles. The van der Waals surface area contributed by atoms with Crippen molar-refractivity contribution in [3.05, 3.63) is 29.4 Å². The first-order valence-corrected chi connectivity index (χ1v) is 9.19. The summed E-state index contributed by atoms with van der Waals surface area (Å²) in [5.41, 5.74) is 0.679. The highest BCUT2D eigenvalue weighted by Gasteiger charge is 2.20. The van der Waals surface area contributed by atoms with Crippen LogP contribution < -0.4 is 5.32 Å². The zero-order valence-corrected chi connectivity index (χ0v) is 15.4. The molecule has 3 rings (SSSR count). The maximum atomic E-state index is 11.5. The van der Waals surface area contributed by atoms with Crippen molar-refractivity contribution in [3.8, 4) is 0 Å². The summed E-state index contributed by atoms with van der Waals surface area (Å²) in [5.74, 6) is 0.790. The summed E-state index contributed by atoms with van der Waals surface area (Å²) in [6.07, 6.45) is 2.15. The van der Waals surface area contributed by atoms with Crippen LogP contribution in [-0.2, 0) is 21.5 Å². The van der Waals surface area contributed by atoms with Crippen LogP contribution in [0.15, 0.2) is 34.3 Å². The fraction of sp³-hybridized carbons (Fsp3) is 0.333. The number of aromatic nitrogens is 1. The standard InChI is InChI=1S/C12H12ClN3O3S.C3H7NO/c13-8-1-2-10-9(5-8)11(20(17,18)19)6-16(10)7-12-14-3-4-15-12;1-4(2)3-5/h1-2,5-6H,3-4,7H2,(H,14,15)(H,17,18,19);3H,1-2H3. The Morgan fingerprint density at radius 3 is 2.64 bits per heavy atom. The molecular weight excluding hydrogens is 368 g/mol. The largest absolute Gasteiger partial charge is 0.370 e. The summed E-state index contributed by atoms with van der Waals surface area (Å²) in [7, 11) is -0.924. The highest BCUT2D eigenvalue weighted by molar-refractivity contribution is 7.86. The summed E-state index contributed by atoms with van der Waals surface area (Å²) < 4.78 is 34.0. The van der Waals surface area contributed by atoms with Gasteiger partial charge >= 0.3 is 0 Å². The van der Waals surface area contributed by atoms with Crippen molar-refractivity contribution in [3.63, 3.8) is 0 Å². The normalized spacial score (nSPS) is 13.7. The molecule has 2 heterocycles. The van der Waals surface area contributed by atoms with E-state index in [2.05, 4.69) is 10.3 Å². The predicted molar refractivity (Wildman–Crippen MR) is 96.8 cm³/mol. The van der Waals surface area contributed by atoms with E-state index in [1.165, 1.54) is 17.2 Å². The Hall–Kier alpha value is -2.10. The molecular formula is C15H19ClN4O4S. The predicted octanol–water partition coefficient (Wildman–Crippen LogP) is 1.25. The van der Waals surface area contributed by atoms with E-state index in [1.54, 1.807) is 30.8 Å². The molecule has 136 valence electrons. The number of carbonyl (C=O) groups excluding carboxylic acids is 1. The van der Waals surface area contributed by atoms with Crippen LogP contribution in [0.3, 0.4) is 0 Å². The molecule has 0 bridgehead atoms. The Bertz CT molecular complexity index is 906. The Morgan fingerprint density at radius 1 is 1.44 bits per heavy atom. The SMILES string of the molecule is CN(C)C=O.O=S(=O)(O)c1cn(CC2=NCCN2)c2ccc(Cl)cc12. The van der Waals surface area contributed by atoms with E-state index in [9.17, 15) is 17.8 Å². The van der Waals surface area contributed by atoms with Crippen molar-refractivity contribution in [2.45, 2.75) is 11.4 Å². The fourth-order valence-electron chi connectivity index (χ4n) is 2.29. The lowest BCUT2D eigenvalue weighted by Gasteiger charge is -2.05. The first-order valence-electron chi connectivity index (χ1n) is 7.37. The van der Waals surface area contributed by atoms with E-state index < -0.39 is 10.1 Å². The van der Waals surface area contributed by atoms with E-state index in [1.807, 2.05) is 0 Å². The number of amidine groups is 1. The van der Waals surface area contributed by atoms with Crippen LogP contribution >= 0.6 is 11.6 Å². The number of carbonyl (C=O) groups is 1. The number of hydrogen-bond acceptors (Lipinski definition) is 5. The van der Waals surface area contributed by atoms with Gasteiger partial charge in [-0.25, -0.2) is 0 Å². The molecule has 10 heteroatoms. The van der Waals surface area contributed by atoms with E-state index in [4.69, 9.17) is 11.6 Å². The third-order valence-electron chi connectivity index (χ3n) is 3.36. The Balaban J connectivity index is 0.000000399. The lowest BCUT2D eigenvalue weighted by atomic mass is 10.2. The average molecular weight is 387 g/mol. The molecule has 1 aliphatic heterocycles. The van der Waals surface area contributed by atoms with Crippen molar-refractivity contribution >= 4 is 44.9 Å². The minimum Gasteiger partial charge on any atom is -0.370 e. The van der Waals surface area contributed by atoms with Crippen LogP contribution in [0, 0.1) is 0 Å². The molecule has 1 aromatic carbocycles. The van der Waals surface area contributed by atoms with Gasteiger partial charge in [-0.3, -0.25) is 14.3 Å². The molecule has 1 aliphatic rings. The van der Waals surface area contributed by atoms with Crippen LogP contribution in [0.1, 0.15) is 0 Å². The summed E-state index contributed by atoms with van der Waals surface area (Å²) in [4.78, 5) is 15.0. The van der Waals surface area contributed by atoms with Crippen LogP contribution in [-0.4, -0.2) is 61.9 Å². The summed E-state index contributed by atoms with van der Waals surface area (Å²) in [6, 6.07) is 4.93. The molecule has 2 N–H and O–H groups in total. The number of halogens is 1. The molecule has 0 saturated carbocycles. The topological polar surface area (TPSA) is 104 Å². The second-order valence-electron chi connectivity index (χ2n) is 5.58. The minimum absolute atomic E-state index is 0.145. The van der Waals surface area contributed by atoms with Crippen molar-refractivity contribution in [1.29, 1.82) is 0 Å². The third kappa shape index (κ3) is 4.94. The second kappa shape index (κ2) is 7.85. The number of aliphatic imine (C=N–C) groups is 1. The summed E-state index contributed by atoms with van der Waals surface area (Å²) in [5, 5.41) is 3.94. The van der Waals surface area contributed by atoms with Gasteiger partial charge < -0.3 is 14.8 Å². The van der Waals surface area contributed by atoms with Crippen molar-refractivity contribution in [2.24, 2.45) is 4.99 Å². The highest BCUT2D eigenvalue weighted by Crippen LogP contribution is 2.28. The number of rotatable bonds is 4. The molecule has 25 heavy (non-hydrogen) atoms. The van der Waals surface area contributed by atoms with Crippen LogP contribution in [0.25, 0.3) is 10.9 Å². The molecule has 0 radical (unpaired) electrons. The fourth-order valence-corrected chi connectivity index (χ4v) is 3.16. The van der Waals surface area contributed by atoms with Gasteiger partial charge in [-0.05, 0) is 18.2 Å². The molecule has 8 nitrogen and oxygen atoms in total. The molecule has 1 amide bonds. The van der Waals surface area contributed by atoms with E-state index in [0.717, 1.165) is 18.8 Å². The molecule has 0 spiro atoms. The molecule has 0 unspecified atom stereocenters. The number of amides is 1. The quantitative estimate of drug-likeness (QED) is 0.607. The lowest BCUT2D eigenvalue weighted by molar-refractivity contribution is -0.115. The van der Waals surface area contributed by atoms with E-state index >= 15 is 0 Å². The van der Waals surface area contributed by atoms with Crippen LogP contribution in [0.5, 0.6) is 0 Å². The van der Waals surface area contributed by atoms with Crippen molar-refractivity contribution in [1.82, 2.24) is 14.8 Å². The van der Waals surface area contributed by atoms with E-state index in [-0.39, 0.29) is 4.90 Å². The van der Waals surface area contributed by atoms with Gasteiger partial charge in [-0.15, -0.1) is 0 Å². The Morgan fingerprint density at radius 2 is 2.12 bits per heavy atom. The molecule has 0 aliphatic carbocycles. The highest BCUT2D eigenvalue weighted by atomic mass is 35.5. The van der Waals surface area contributed by atoms with Gasteiger partial charge in [0.05, 0.1) is 13.1 Å². The summed E-state index contributed by atoms with van der Waals surface area (Å²) >= 11 is 5.90. The Labute approximate surface area is 150 Å².